The van der Waals surface area contributed by atoms with Gasteiger partial charge in [0.25, 0.3) is 0 Å². The van der Waals surface area contributed by atoms with E-state index in [2.05, 4.69) is 70.8 Å². The van der Waals surface area contributed by atoms with Crippen LogP contribution in [0.3, 0.4) is 0 Å². The maximum atomic E-state index is 4.48. The summed E-state index contributed by atoms with van der Waals surface area (Å²) in [6, 6.07) is 18.5. The molecule has 2 aromatic carbocycles. The molecule has 3 rings (SSSR count). The quantitative estimate of drug-likeness (QED) is 0.712. The van der Waals surface area contributed by atoms with Crippen LogP contribution in [0.1, 0.15) is 22.5 Å². The second-order valence-corrected chi connectivity index (χ2v) is 5.96. The number of hydrogen-bond acceptors (Lipinski definition) is 4. The van der Waals surface area contributed by atoms with Crippen LogP contribution in [0, 0.1) is 20.8 Å². The molecule has 0 spiro atoms. The number of anilines is 3. The number of nitrogens with one attached hydrogen (secondary N) is 2. The van der Waals surface area contributed by atoms with Crippen molar-refractivity contribution in [3.8, 4) is 0 Å². The van der Waals surface area contributed by atoms with E-state index in [1.54, 1.807) is 0 Å². The lowest BCUT2D eigenvalue weighted by atomic mass is 10.1. The van der Waals surface area contributed by atoms with Crippen molar-refractivity contribution >= 4 is 17.3 Å². The topological polar surface area (TPSA) is 49.8 Å². The molecule has 0 aliphatic rings. The van der Waals surface area contributed by atoms with Gasteiger partial charge in [0, 0.05) is 18.3 Å². The monoisotopic (exact) mass is 318 g/mol. The number of nitrogens with zero attached hydrogens (tertiary/aromatic N) is 2. The minimum Gasteiger partial charge on any atom is -0.366 e. The average molecular weight is 318 g/mol. The lowest BCUT2D eigenvalue weighted by Gasteiger charge is -2.11. The summed E-state index contributed by atoms with van der Waals surface area (Å²) in [5.74, 6) is 2.35. The summed E-state index contributed by atoms with van der Waals surface area (Å²) in [4.78, 5) is 8.94. The van der Waals surface area contributed by atoms with Crippen molar-refractivity contribution in [3.05, 3.63) is 77.1 Å². The molecule has 1 aromatic heterocycles. The summed E-state index contributed by atoms with van der Waals surface area (Å²) in [6.45, 7) is 6.84. The van der Waals surface area contributed by atoms with Gasteiger partial charge in [0.2, 0.25) is 0 Å². The van der Waals surface area contributed by atoms with Gasteiger partial charge in [0.1, 0.15) is 17.5 Å². The molecule has 0 saturated carbocycles. The Morgan fingerprint density at radius 2 is 1.62 bits per heavy atom. The van der Waals surface area contributed by atoms with Crippen molar-refractivity contribution in [1.29, 1.82) is 0 Å². The van der Waals surface area contributed by atoms with Crippen molar-refractivity contribution in [2.45, 2.75) is 27.3 Å². The number of aryl methyl sites for hydroxylation is 3. The molecule has 4 nitrogen and oxygen atoms in total. The number of hydrogen-bond donors (Lipinski definition) is 2. The lowest BCUT2D eigenvalue weighted by Crippen LogP contribution is -2.06. The van der Waals surface area contributed by atoms with Crippen molar-refractivity contribution < 1.29 is 0 Å². The van der Waals surface area contributed by atoms with Gasteiger partial charge in [-0.15, -0.1) is 0 Å². The molecular weight excluding hydrogens is 296 g/mol. The molecule has 4 heteroatoms. The molecule has 0 bridgehead atoms. The first-order valence-corrected chi connectivity index (χ1v) is 8.08. The van der Waals surface area contributed by atoms with Crippen molar-refractivity contribution in [1.82, 2.24) is 9.97 Å². The summed E-state index contributed by atoms with van der Waals surface area (Å²) in [7, 11) is 0. The molecule has 0 amide bonds. The van der Waals surface area contributed by atoms with Gasteiger partial charge < -0.3 is 10.6 Å². The highest BCUT2D eigenvalue weighted by atomic mass is 15.1. The van der Waals surface area contributed by atoms with E-state index < -0.39 is 0 Å². The number of aromatic nitrogens is 2. The predicted molar refractivity (Wildman–Crippen MR) is 99.7 cm³/mol. The largest absolute Gasteiger partial charge is 0.366 e. The first-order chi connectivity index (χ1) is 11.6. The van der Waals surface area contributed by atoms with E-state index in [1.165, 1.54) is 16.7 Å². The van der Waals surface area contributed by atoms with Crippen LogP contribution < -0.4 is 10.6 Å². The third-order valence-corrected chi connectivity index (χ3v) is 3.85. The molecular formula is C20H22N4. The first-order valence-electron chi connectivity index (χ1n) is 8.08. The van der Waals surface area contributed by atoms with E-state index >= 15 is 0 Å². The van der Waals surface area contributed by atoms with Crippen LogP contribution in [0.2, 0.25) is 0 Å². The standard InChI is InChI=1S/C20H22N4/c1-14-7-6-10-18(11-14)24-20-12-19(22-16(3)23-20)21-13-17-9-5-4-8-15(17)2/h4-12H,13H2,1-3H3,(H2,21,22,23,24). The Morgan fingerprint density at radius 1 is 0.833 bits per heavy atom. The fourth-order valence-corrected chi connectivity index (χ4v) is 2.59. The van der Waals surface area contributed by atoms with Crippen molar-refractivity contribution in [3.63, 3.8) is 0 Å². The molecule has 0 saturated heterocycles. The average Bonchev–Trinajstić information content (AvgIpc) is 2.53. The van der Waals surface area contributed by atoms with Crippen LogP contribution in [-0.4, -0.2) is 9.97 Å². The van der Waals surface area contributed by atoms with E-state index in [1.807, 2.05) is 25.1 Å². The summed E-state index contributed by atoms with van der Waals surface area (Å²) in [5.41, 5.74) is 4.78. The molecule has 24 heavy (non-hydrogen) atoms. The van der Waals surface area contributed by atoms with Crippen molar-refractivity contribution in [2.24, 2.45) is 0 Å². The van der Waals surface area contributed by atoms with Crippen LogP contribution in [0.25, 0.3) is 0 Å². The summed E-state index contributed by atoms with van der Waals surface area (Å²) >= 11 is 0. The van der Waals surface area contributed by atoms with E-state index in [9.17, 15) is 0 Å². The van der Waals surface area contributed by atoms with Crippen LogP contribution in [0.15, 0.2) is 54.6 Å². The molecule has 122 valence electrons. The highest BCUT2D eigenvalue weighted by Gasteiger charge is 2.04. The van der Waals surface area contributed by atoms with Gasteiger partial charge in [0.05, 0.1) is 0 Å². The SMILES string of the molecule is Cc1cccc(Nc2cc(NCc3ccccc3C)nc(C)n2)c1. The Balaban J connectivity index is 1.75. The smallest absolute Gasteiger partial charge is 0.136 e. The van der Waals surface area contributed by atoms with E-state index in [-0.39, 0.29) is 0 Å². The number of benzene rings is 2. The zero-order valence-electron chi connectivity index (χ0n) is 14.3. The van der Waals surface area contributed by atoms with Crippen molar-refractivity contribution in [2.75, 3.05) is 10.6 Å². The molecule has 3 aromatic rings. The molecule has 2 N–H and O–H groups in total. The third kappa shape index (κ3) is 4.10. The minimum atomic E-state index is 0.736. The maximum Gasteiger partial charge on any atom is 0.136 e. The van der Waals surface area contributed by atoms with Gasteiger partial charge >= 0.3 is 0 Å². The summed E-state index contributed by atoms with van der Waals surface area (Å²) < 4.78 is 0. The van der Waals surface area contributed by atoms with Gasteiger partial charge in [-0.05, 0) is 49.6 Å². The van der Waals surface area contributed by atoms with E-state index in [0.29, 0.717) is 0 Å². The zero-order chi connectivity index (χ0) is 16.9. The second-order valence-electron chi connectivity index (χ2n) is 5.96. The Bertz CT molecular complexity index is 843. The van der Waals surface area contributed by atoms with Crippen LogP contribution in [0.4, 0.5) is 17.3 Å². The molecule has 1 heterocycles. The Kier molecular flexibility index (Phi) is 4.75. The molecule has 0 fully saturated rings. The van der Waals surface area contributed by atoms with Crippen LogP contribution in [-0.2, 0) is 6.54 Å². The van der Waals surface area contributed by atoms with Gasteiger partial charge in [-0.3, -0.25) is 0 Å². The zero-order valence-corrected chi connectivity index (χ0v) is 14.3. The molecule has 0 atom stereocenters. The van der Waals surface area contributed by atoms with Gasteiger partial charge in [0.15, 0.2) is 0 Å². The molecule has 0 radical (unpaired) electrons. The van der Waals surface area contributed by atoms with Gasteiger partial charge in [-0.2, -0.15) is 0 Å². The minimum absolute atomic E-state index is 0.736. The predicted octanol–water partition coefficient (Wildman–Crippen LogP) is 4.76. The van der Waals surface area contributed by atoms with Crippen LogP contribution in [0.5, 0.6) is 0 Å². The lowest BCUT2D eigenvalue weighted by molar-refractivity contribution is 1.02. The fourth-order valence-electron chi connectivity index (χ4n) is 2.59. The highest BCUT2D eigenvalue weighted by molar-refractivity contribution is 5.60. The summed E-state index contributed by atoms with van der Waals surface area (Å²) in [6.07, 6.45) is 0. The molecule has 0 unspecified atom stereocenters. The molecule has 0 aliphatic carbocycles. The van der Waals surface area contributed by atoms with Gasteiger partial charge in [-0.25, -0.2) is 9.97 Å². The second kappa shape index (κ2) is 7.13. The highest BCUT2D eigenvalue weighted by Crippen LogP contribution is 2.19. The Hall–Kier alpha value is -2.88. The fraction of sp³-hybridized carbons (Fsp3) is 0.200. The summed E-state index contributed by atoms with van der Waals surface area (Å²) in [5, 5.41) is 6.73. The van der Waals surface area contributed by atoms with E-state index in [4.69, 9.17) is 0 Å². The van der Waals surface area contributed by atoms with Gasteiger partial charge in [-0.1, -0.05) is 36.4 Å². The maximum absolute atomic E-state index is 4.48. The van der Waals surface area contributed by atoms with Crippen LogP contribution >= 0.6 is 0 Å². The Morgan fingerprint density at radius 3 is 2.42 bits per heavy atom. The molecule has 0 aliphatic heterocycles. The Labute approximate surface area is 143 Å². The number of rotatable bonds is 5. The first kappa shape index (κ1) is 16.0. The normalized spacial score (nSPS) is 10.5. The third-order valence-electron chi connectivity index (χ3n) is 3.85. The van der Waals surface area contributed by atoms with E-state index in [0.717, 1.165) is 29.7 Å².